The number of rotatable bonds is 0. The fourth-order valence-electron chi connectivity index (χ4n) is 1.83. The molecule has 1 saturated heterocycles. The van der Waals surface area contributed by atoms with Crippen LogP contribution in [-0.4, -0.2) is 35.5 Å². The summed E-state index contributed by atoms with van der Waals surface area (Å²) in [5.74, 6) is 0.155. The maximum Gasteiger partial charge on any atom is 0.221 e. The smallest absolute Gasteiger partial charge is 0.221 e. The summed E-state index contributed by atoms with van der Waals surface area (Å²) in [5.41, 5.74) is -0.0141. The van der Waals surface area contributed by atoms with Crippen molar-refractivity contribution >= 4 is 5.91 Å². The van der Waals surface area contributed by atoms with Gasteiger partial charge in [0.1, 0.15) is 0 Å². The molecule has 0 spiro atoms. The van der Waals surface area contributed by atoms with Crippen molar-refractivity contribution < 1.29 is 4.79 Å². The van der Waals surface area contributed by atoms with Crippen LogP contribution in [0.2, 0.25) is 0 Å². The lowest BCUT2D eigenvalue weighted by molar-refractivity contribution is -0.122. The zero-order valence-corrected chi connectivity index (χ0v) is 9.27. The Hall–Kier alpha value is -0.570. The Balaban J connectivity index is 2.94. The van der Waals surface area contributed by atoms with E-state index in [9.17, 15) is 4.79 Å². The first-order chi connectivity index (χ1) is 5.76. The van der Waals surface area contributed by atoms with Gasteiger partial charge in [-0.2, -0.15) is 0 Å². The summed E-state index contributed by atoms with van der Waals surface area (Å²) in [6.07, 6.45) is 0.576. The molecule has 0 unspecified atom stereocenters. The Bertz CT molecular complexity index is 221. The Morgan fingerprint density at radius 2 is 1.77 bits per heavy atom. The largest absolute Gasteiger partial charge is 0.354 e. The number of nitrogens with zero attached hydrogens (tertiary/aromatic N) is 1. The van der Waals surface area contributed by atoms with Crippen LogP contribution in [0.1, 0.15) is 34.1 Å². The van der Waals surface area contributed by atoms with Crippen LogP contribution in [0.25, 0.3) is 0 Å². The van der Waals surface area contributed by atoms with E-state index in [0.717, 1.165) is 6.54 Å². The number of amides is 1. The van der Waals surface area contributed by atoms with E-state index in [1.165, 1.54) is 0 Å². The lowest BCUT2D eigenvalue weighted by atomic mass is 9.93. The number of likely N-dealkylation sites (N-methyl/N-ethyl adjacent to an activating group) is 1. The lowest BCUT2D eigenvalue weighted by Crippen LogP contribution is -2.54. The number of hydrogen-bond acceptors (Lipinski definition) is 2. The van der Waals surface area contributed by atoms with Crippen molar-refractivity contribution in [2.75, 3.05) is 13.6 Å². The van der Waals surface area contributed by atoms with Gasteiger partial charge >= 0.3 is 0 Å². The molecule has 0 bridgehead atoms. The van der Waals surface area contributed by atoms with Gasteiger partial charge in [-0.15, -0.1) is 0 Å². The highest BCUT2D eigenvalue weighted by atomic mass is 16.1. The highest BCUT2D eigenvalue weighted by Gasteiger charge is 2.39. The first-order valence-corrected chi connectivity index (χ1v) is 4.76. The molecule has 0 atom stereocenters. The summed E-state index contributed by atoms with van der Waals surface area (Å²) in [6, 6.07) is 0. The van der Waals surface area contributed by atoms with Gasteiger partial charge in [-0.25, -0.2) is 0 Å². The number of hydrogen-bond donors (Lipinski definition) is 1. The van der Waals surface area contributed by atoms with Gasteiger partial charge in [-0.3, -0.25) is 9.69 Å². The van der Waals surface area contributed by atoms with Crippen molar-refractivity contribution in [1.82, 2.24) is 10.2 Å². The molecule has 1 N–H and O–H groups in total. The average Bonchev–Trinajstić information content (AvgIpc) is 2.03. The maximum absolute atomic E-state index is 11.4. The van der Waals surface area contributed by atoms with Crippen LogP contribution in [-0.2, 0) is 4.79 Å². The summed E-state index contributed by atoms with van der Waals surface area (Å²) < 4.78 is 0. The number of carbonyl (C=O) groups excluding carboxylic acids is 1. The second kappa shape index (κ2) is 2.98. The third kappa shape index (κ3) is 2.02. The normalized spacial score (nSPS) is 27.9. The fourth-order valence-corrected chi connectivity index (χ4v) is 1.83. The van der Waals surface area contributed by atoms with Gasteiger partial charge in [0.25, 0.3) is 0 Å². The van der Waals surface area contributed by atoms with Crippen molar-refractivity contribution in [2.24, 2.45) is 0 Å². The van der Waals surface area contributed by atoms with Gasteiger partial charge in [0.15, 0.2) is 0 Å². The molecule has 1 heterocycles. The topological polar surface area (TPSA) is 32.3 Å². The van der Waals surface area contributed by atoms with Gasteiger partial charge in [-0.05, 0) is 34.7 Å². The van der Waals surface area contributed by atoms with Gasteiger partial charge in [0, 0.05) is 24.0 Å². The molecule has 3 nitrogen and oxygen atoms in total. The quantitative estimate of drug-likeness (QED) is 0.609. The molecule has 3 heteroatoms. The minimum Gasteiger partial charge on any atom is -0.354 e. The van der Waals surface area contributed by atoms with E-state index in [4.69, 9.17) is 0 Å². The molecule has 0 aromatic rings. The Morgan fingerprint density at radius 3 is 2.31 bits per heavy atom. The molecular formula is C10H20N2O. The molecule has 0 aromatic carbocycles. The first-order valence-electron chi connectivity index (χ1n) is 4.76. The molecule has 1 aliphatic rings. The summed E-state index contributed by atoms with van der Waals surface area (Å²) in [4.78, 5) is 13.7. The van der Waals surface area contributed by atoms with Crippen molar-refractivity contribution in [1.29, 1.82) is 0 Å². The number of carbonyl (C=O) groups is 1. The van der Waals surface area contributed by atoms with Crippen LogP contribution in [0, 0.1) is 0 Å². The molecule has 1 amide bonds. The van der Waals surface area contributed by atoms with E-state index in [1.807, 2.05) is 0 Å². The molecular weight excluding hydrogens is 164 g/mol. The monoisotopic (exact) mass is 184 g/mol. The molecule has 76 valence electrons. The summed E-state index contributed by atoms with van der Waals surface area (Å²) in [7, 11) is 2.08. The van der Waals surface area contributed by atoms with Crippen molar-refractivity contribution in [3.8, 4) is 0 Å². The molecule has 0 aromatic heterocycles. The van der Waals surface area contributed by atoms with Crippen LogP contribution in [0.4, 0.5) is 0 Å². The van der Waals surface area contributed by atoms with E-state index in [-0.39, 0.29) is 17.0 Å². The summed E-state index contributed by atoms with van der Waals surface area (Å²) in [5, 5.41) is 2.94. The SMILES string of the molecule is CN1C(C)(C)CNC(=O)CC1(C)C. The summed E-state index contributed by atoms with van der Waals surface area (Å²) in [6.45, 7) is 9.26. The van der Waals surface area contributed by atoms with E-state index in [0.29, 0.717) is 6.42 Å². The molecule has 1 fully saturated rings. The third-order valence-electron chi connectivity index (χ3n) is 3.13. The van der Waals surface area contributed by atoms with Crippen LogP contribution in [0.5, 0.6) is 0 Å². The lowest BCUT2D eigenvalue weighted by Gasteiger charge is -2.43. The predicted molar refractivity (Wildman–Crippen MR) is 53.5 cm³/mol. The fraction of sp³-hybridized carbons (Fsp3) is 0.900. The highest BCUT2D eigenvalue weighted by molar-refractivity contribution is 5.77. The van der Waals surface area contributed by atoms with E-state index < -0.39 is 0 Å². The minimum atomic E-state index is -0.0515. The van der Waals surface area contributed by atoms with E-state index in [1.54, 1.807) is 0 Å². The number of nitrogens with one attached hydrogen (secondary N) is 1. The zero-order valence-electron chi connectivity index (χ0n) is 9.27. The van der Waals surface area contributed by atoms with Gasteiger partial charge in [-0.1, -0.05) is 0 Å². The van der Waals surface area contributed by atoms with Crippen molar-refractivity contribution in [2.45, 2.75) is 45.2 Å². The predicted octanol–water partition coefficient (Wildman–Crippen LogP) is 0.995. The second-order valence-electron chi connectivity index (χ2n) is 5.14. The zero-order chi connectivity index (χ0) is 10.3. The summed E-state index contributed by atoms with van der Waals surface area (Å²) >= 11 is 0. The molecule has 1 rings (SSSR count). The van der Waals surface area contributed by atoms with Gasteiger partial charge in [0.05, 0.1) is 0 Å². The van der Waals surface area contributed by atoms with Gasteiger partial charge < -0.3 is 5.32 Å². The van der Waals surface area contributed by atoms with Crippen LogP contribution in [0.3, 0.4) is 0 Å². The van der Waals surface area contributed by atoms with Gasteiger partial charge in [0.2, 0.25) is 5.91 Å². The van der Waals surface area contributed by atoms with Crippen LogP contribution in [0.15, 0.2) is 0 Å². The van der Waals surface area contributed by atoms with E-state index in [2.05, 4.69) is 45.0 Å². The average molecular weight is 184 g/mol. The Morgan fingerprint density at radius 1 is 1.23 bits per heavy atom. The third-order valence-corrected chi connectivity index (χ3v) is 3.13. The van der Waals surface area contributed by atoms with Crippen molar-refractivity contribution in [3.05, 3.63) is 0 Å². The molecule has 0 saturated carbocycles. The standard InChI is InChI=1S/C10H20N2O/c1-9(2)6-8(13)11-7-10(3,4)12(9)5/h6-7H2,1-5H3,(H,11,13). The maximum atomic E-state index is 11.4. The molecule has 13 heavy (non-hydrogen) atoms. The highest BCUT2D eigenvalue weighted by Crippen LogP contribution is 2.27. The Kier molecular flexibility index (Phi) is 2.41. The Labute approximate surface area is 80.5 Å². The molecule has 0 radical (unpaired) electrons. The van der Waals surface area contributed by atoms with Crippen LogP contribution >= 0.6 is 0 Å². The second-order valence-corrected chi connectivity index (χ2v) is 5.14. The first kappa shape index (κ1) is 10.5. The van der Waals surface area contributed by atoms with Crippen LogP contribution < -0.4 is 5.32 Å². The molecule has 0 aliphatic carbocycles. The van der Waals surface area contributed by atoms with E-state index >= 15 is 0 Å². The minimum absolute atomic E-state index is 0.0374. The molecule has 1 aliphatic heterocycles. The van der Waals surface area contributed by atoms with Crippen molar-refractivity contribution in [3.63, 3.8) is 0 Å².